The molecule has 1 aliphatic heterocycles. The minimum atomic E-state index is 0.123. The number of benzene rings is 1. The minimum absolute atomic E-state index is 0.123. The normalized spacial score (nSPS) is 16.6. The molecule has 3 rings (SSSR count). The zero-order chi connectivity index (χ0) is 17.5. The fraction of sp³-hybridized carbons (Fsp3) is 0.474. The number of ether oxygens (including phenoxy) is 1. The van der Waals surface area contributed by atoms with Gasteiger partial charge in [-0.3, -0.25) is 4.90 Å². The molecule has 134 valence electrons. The van der Waals surface area contributed by atoms with Crippen LogP contribution in [0.1, 0.15) is 30.1 Å². The average Bonchev–Trinajstić information content (AvgIpc) is 3.12. The lowest BCUT2D eigenvalue weighted by Gasteiger charge is -2.30. The van der Waals surface area contributed by atoms with Crippen LogP contribution in [-0.4, -0.2) is 58.4 Å². The Bertz CT molecular complexity index is 673. The molecule has 6 heteroatoms. The van der Waals surface area contributed by atoms with E-state index in [4.69, 9.17) is 9.84 Å². The summed E-state index contributed by atoms with van der Waals surface area (Å²) in [7, 11) is 1.68. The van der Waals surface area contributed by atoms with E-state index in [1.165, 1.54) is 5.56 Å². The van der Waals surface area contributed by atoms with Gasteiger partial charge in [0.1, 0.15) is 5.75 Å². The van der Waals surface area contributed by atoms with Gasteiger partial charge in [-0.25, -0.2) is 4.68 Å². The third-order valence-electron chi connectivity index (χ3n) is 4.65. The Morgan fingerprint density at radius 2 is 2.00 bits per heavy atom. The van der Waals surface area contributed by atoms with Gasteiger partial charge in [0, 0.05) is 38.9 Å². The van der Waals surface area contributed by atoms with E-state index in [-0.39, 0.29) is 6.61 Å². The zero-order valence-corrected chi connectivity index (χ0v) is 14.7. The van der Waals surface area contributed by atoms with Crippen LogP contribution in [0.15, 0.2) is 36.5 Å². The van der Waals surface area contributed by atoms with Crippen molar-refractivity contribution in [2.45, 2.75) is 25.3 Å². The summed E-state index contributed by atoms with van der Waals surface area (Å²) in [5, 5.41) is 17.3. The number of rotatable bonds is 7. The topological polar surface area (TPSA) is 63.4 Å². The summed E-state index contributed by atoms with van der Waals surface area (Å²) in [5.41, 5.74) is 2.06. The maximum atomic E-state index is 8.97. The third kappa shape index (κ3) is 4.90. The Balaban J connectivity index is 1.44. The first kappa shape index (κ1) is 17.6. The summed E-state index contributed by atoms with van der Waals surface area (Å²) in [6.07, 6.45) is 9.09. The Kier molecular flexibility index (Phi) is 6.19. The van der Waals surface area contributed by atoms with Crippen molar-refractivity contribution in [1.29, 1.82) is 0 Å². The van der Waals surface area contributed by atoms with Gasteiger partial charge >= 0.3 is 0 Å². The summed E-state index contributed by atoms with van der Waals surface area (Å²) in [6, 6.07) is 8.51. The second-order valence-electron chi connectivity index (χ2n) is 6.37. The average molecular weight is 342 g/mol. The first-order valence-electron chi connectivity index (χ1n) is 8.83. The van der Waals surface area contributed by atoms with Crippen molar-refractivity contribution in [2.24, 2.45) is 0 Å². The number of piperidine rings is 1. The quantitative estimate of drug-likeness (QED) is 0.835. The fourth-order valence-electron chi connectivity index (χ4n) is 3.14. The highest BCUT2D eigenvalue weighted by Crippen LogP contribution is 2.21. The standard InChI is InChI=1S/C19H26N4O2/c1-25-19-6-4-16(5-7-19)3-2-11-22-12-8-18(9-13-22)23-15-17(10-14-24)20-21-23/h2-7,15,18,24H,8-14H2,1H3. The van der Waals surface area contributed by atoms with Gasteiger partial charge in [-0.05, 0) is 30.5 Å². The van der Waals surface area contributed by atoms with Crippen molar-refractivity contribution in [1.82, 2.24) is 19.9 Å². The molecule has 1 aromatic heterocycles. The van der Waals surface area contributed by atoms with E-state index in [2.05, 4.69) is 39.5 Å². The van der Waals surface area contributed by atoms with Crippen LogP contribution in [0.4, 0.5) is 0 Å². The number of methoxy groups -OCH3 is 1. The molecule has 0 bridgehead atoms. The first-order chi connectivity index (χ1) is 12.3. The van der Waals surface area contributed by atoms with Crippen molar-refractivity contribution >= 4 is 6.08 Å². The van der Waals surface area contributed by atoms with Gasteiger partial charge in [0.25, 0.3) is 0 Å². The summed E-state index contributed by atoms with van der Waals surface area (Å²) < 4.78 is 7.14. The molecule has 0 radical (unpaired) electrons. The van der Waals surface area contributed by atoms with Gasteiger partial charge in [-0.1, -0.05) is 29.5 Å². The maximum Gasteiger partial charge on any atom is 0.118 e. The van der Waals surface area contributed by atoms with Crippen LogP contribution < -0.4 is 4.74 Å². The van der Waals surface area contributed by atoms with E-state index >= 15 is 0 Å². The molecule has 1 N–H and O–H groups in total. The number of nitrogens with zero attached hydrogens (tertiary/aromatic N) is 4. The van der Waals surface area contributed by atoms with E-state index in [0.717, 1.165) is 43.9 Å². The van der Waals surface area contributed by atoms with Gasteiger partial charge < -0.3 is 9.84 Å². The molecule has 25 heavy (non-hydrogen) atoms. The number of likely N-dealkylation sites (tertiary alicyclic amines) is 1. The van der Waals surface area contributed by atoms with E-state index in [1.807, 2.05) is 23.0 Å². The molecular formula is C19H26N4O2. The molecule has 0 amide bonds. The highest BCUT2D eigenvalue weighted by Gasteiger charge is 2.20. The molecule has 1 fully saturated rings. The summed E-state index contributed by atoms with van der Waals surface area (Å²) in [4.78, 5) is 2.46. The van der Waals surface area contributed by atoms with Crippen LogP contribution >= 0.6 is 0 Å². The molecule has 0 aliphatic carbocycles. The number of aliphatic hydroxyl groups is 1. The molecule has 0 atom stereocenters. The Morgan fingerprint density at radius 3 is 2.68 bits per heavy atom. The van der Waals surface area contributed by atoms with Crippen LogP contribution in [0, 0.1) is 0 Å². The first-order valence-corrected chi connectivity index (χ1v) is 8.83. The predicted molar refractivity (Wildman–Crippen MR) is 97.6 cm³/mol. The summed E-state index contributed by atoms with van der Waals surface area (Å²) in [5.74, 6) is 0.884. The summed E-state index contributed by atoms with van der Waals surface area (Å²) >= 11 is 0. The van der Waals surface area contributed by atoms with Gasteiger partial charge in [-0.2, -0.15) is 0 Å². The molecular weight excluding hydrogens is 316 g/mol. The highest BCUT2D eigenvalue weighted by molar-refractivity contribution is 5.50. The SMILES string of the molecule is COc1ccc(C=CCN2CCC(n3cc(CCO)nn3)CC2)cc1. The second-order valence-corrected chi connectivity index (χ2v) is 6.37. The molecule has 2 aromatic rings. The molecule has 0 spiro atoms. The van der Waals surface area contributed by atoms with Crippen LogP contribution in [0.5, 0.6) is 5.75 Å². The van der Waals surface area contributed by atoms with Crippen molar-refractivity contribution in [2.75, 3.05) is 33.4 Å². The molecule has 6 nitrogen and oxygen atoms in total. The number of aromatic nitrogens is 3. The maximum absolute atomic E-state index is 8.97. The van der Waals surface area contributed by atoms with Crippen LogP contribution in [0.2, 0.25) is 0 Å². The molecule has 0 unspecified atom stereocenters. The fourth-order valence-corrected chi connectivity index (χ4v) is 3.14. The Hall–Kier alpha value is -2.18. The Morgan fingerprint density at radius 1 is 1.24 bits per heavy atom. The van der Waals surface area contributed by atoms with Gasteiger partial charge in [0.2, 0.25) is 0 Å². The van der Waals surface area contributed by atoms with Crippen molar-refractivity contribution < 1.29 is 9.84 Å². The lowest BCUT2D eigenvalue weighted by molar-refractivity contribution is 0.194. The second kappa shape index (κ2) is 8.78. The van der Waals surface area contributed by atoms with E-state index < -0.39 is 0 Å². The van der Waals surface area contributed by atoms with Gasteiger partial charge in [-0.15, -0.1) is 5.10 Å². The minimum Gasteiger partial charge on any atom is -0.497 e. The number of hydrogen-bond donors (Lipinski definition) is 1. The van der Waals surface area contributed by atoms with E-state index in [9.17, 15) is 0 Å². The van der Waals surface area contributed by atoms with E-state index in [1.54, 1.807) is 7.11 Å². The van der Waals surface area contributed by atoms with Crippen LogP contribution in [0.3, 0.4) is 0 Å². The molecule has 1 saturated heterocycles. The third-order valence-corrected chi connectivity index (χ3v) is 4.65. The number of aliphatic hydroxyl groups excluding tert-OH is 1. The van der Waals surface area contributed by atoms with Crippen LogP contribution in [-0.2, 0) is 6.42 Å². The lowest BCUT2D eigenvalue weighted by Crippen LogP contribution is -2.34. The van der Waals surface area contributed by atoms with Crippen LogP contribution in [0.25, 0.3) is 6.08 Å². The Labute approximate surface area is 148 Å². The monoisotopic (exact) mass is 342 g/mol. The van der Waals surface area contributed by atoms with Crippen molar-refractivity contribution in [3.63, 3.8) is 0 Å². The van der Waals surface area contributed by atoms with Gasteiger partial charge in [0.15, 0.2) is 0 Å². The smallest absolute Gasteiger partial charge is 0.118 e. The number of hydrogen-bond acceptors (Lipinski definition) is 5. The summed E-state index contributed by atoms with van der Waals surface area (Å²) in [6.45, 7) is 3.21. The van der Waals surface area contributed by atoms with E-state index in [0.29, 0.717) is 12.5 Å². The molecule has 1 aromatic carbocycles. The molecule has 2 heterocycles. The predicted octanol–water partition coefficient (Wildman–Crippen LogP) is 2.17. The molecule has 0 saturated carbocycles. The van der Waals surface area contributed by atoms with Crippen molar-refractivity contribution in [3.8, 4) is 5.75 Å². The zero-order valence-electron chi connectivity index (χ0n) is 14.7. The van der Waals surface area contributed by atoms with Crippen molar-refractivity contribution in [3.05, 3.63) is 47.8 Å². The highest BCUT2D eigenvalue weighted by atomic mass is 16.5. The van der Waals surface area contributed by atoms with Gasteiger partial charge in [0.05, 0.1) is 18.8 Å². The largest absolute Gasteiger partial charge is 0.497 e. The lowest BCUT2D eigenvalue weighted by atomic mass is 10.1. The molecule has 1 aliphatic rings.